The number of hydrogen-bond acceptors (Lipinski definition) is 6. The normalized spacial score (nSPS) is 16.1. The van der Waals surface area contributed by atoms with Crippen LogP contribution >= 0.6 is 11.8 Å². The van der Waals surface area contributed by atoms with E-state index in [1.807, 2.05) is 24.3 Å². The zero-order valence-corrected chi connectivity index (χ0v) is 20.3. The third-order valence-corrected chi connectivity index (χ3v) is 7.58. The number of ether oxygens (including phenoxy) is 2. The maximum absolute atomic E-state index is 12.2. The summed E-state index contributed by atoms with van der Waals surface area (Å²) in [4.78, 5) is 36.0. The zero-order chi connectivity index (χ0) is 24.7. The van der Waals surface area contributed by atoms with E-state index in [1.54, 1.807) is 0 Å². The van der Waals surface area contributed by atoms with Crippen LogP contribution in [-0.2, 0) is 19.1 Å². The highest BCUT2D eigenvalue weighted by atomic mass is 32.2. The number of carboxylic acid groups (broad SMARTS) is 1. The molecule has 0 spiro atoms. The summed E-state index contributed by atoms with van der Waals surface area (Å²) >= 11 is 1.37. The van der Waals surface area contributed by atoms with Gasteiger partial charge in [-0.2, -0.15) is 11.8 Å². The summed E-state index contributed by atoms with van der Waals surface area (Å²) < 4.78 is 10.7. The van der Waals surface area contributed by atoms with Gasteiger partial charge in [0.15, 0.2) is 0 Å². The van der Waals surface area contributed by atoms with Crippen molar-refractivity contribution < 1.29 is 29.0 Å². The Hall–Kier alpha value is -3.04. The van der Waals surface area contributed by atoms with Gasteiger partial charge in [-0.25, -0.2) is 4.79 Å². The summed E-state index contributed by atoms with van der Waals surface area (Å²) in [6.07, 6.45) is 0.291. The van der Waals surface area contributed by atoms with Crippen molar-refractivity contribution in [2.75, 3.05) is 44.4 Å². The van der Waals surface area contributed by atoms with Gasteiger partial charge in [-0.3, -0.25) is 9.59 Å². The minimum atomic E-state index is -0.954. The molecule has 0 bridgehead atoms. The highest BCUT2D eigenvalue weighted by Crippen LogP contribution is 2.44. The number of carbonyl (C=O) groups is 3. The minimum Gasteiger partial charge on any atom is -0.481 e. The van der Waals surface area contributed by atoms with Crippen LogP contribution in [0, 0.1) is 5.41 Å². The van der Waals surface area contributed by atoms with Gasteiger partial charge in [0, 0.05) is 38.0 Å². The van der Waals surface area contributed by atoms with Crippen LogP contribution in [0.4, 0.5) is 4.79 Å². The lowest BCUT2D eigenvalue weighted by Gasteiger charge is -2.33. The Balaban J connectivity index is 1.14. The number of aliphatic carboxylic acids is 1. The van der Waals surface area contributed by atoms with Crippen molar-refractivity contribution in [2.45, 2.75) is 18.8 Å². The second-order valence-corrected chi connectivity index (χ2v) is 9.88. The molecule has 9 heteroatoms. The van der Waals surface area contributed by atoms with Gasteiger partial charge in [-0.05, 0) is 35.1 Å². The minimum absolute atomic E-state index is 0.0102. The summed E-state index contributed by atoms with van der Waals surface area (Å²) in [6.45, 7) is 1.50. The van der Waals surface area contributed by atoms with Crippen molar-refractivity contribution in [3.05, 3.63) is 59.7 Å². The van der Waals surface area contributed by atoms with Gasteiger partial charge in [0.1, 0.15) is 6.61 Å². The summed E-state index contributed by atoms with van der Waals surface area (Å²) in [5.41, 5.74) is 3.72. The van der Waals surface area contributed by atoms with Crippen LogP contribution in [0.3, 0.4) is 0 Å². The first-order valence-electron chi connectivity index (χ1n) is 11.7. The largest absolute Gasteiger partial charge is 0.481 e. The molecule has 0 aromatic heterocycles. The maximum Gasteiger partial charge on any atom is 0.407 e. The fourth-order valence-corrected chi connectivity index (χ4v) is 5.26. The number of hydrogen-bond donors (Lipinski definition) is 3. The second kappa shape index (κ2) is 11.6. The number of amides is 2. The molecule has 0 unspecified atom stereocenters. The van der Waals surface area contributed by atoms with E-state index in [1.165, 1.54) is 22.9 Å². The summed E-state index contributed by atoms with van der Waals surface area (Å²) in [5, 5.41) is 15.0. The van der Waals surface area contributed by atoms with Crippen molar-refractivity contribution in [1.29, 1.82) is 0 Å². The molecular weight excluding hydrogens is 468 g/mol. The van der Waals surface area contributed by atoms with Crippen molar-refractivity contribution in [2.24, 2.45) is 5.41 Å². The fraction of sp³-hybridized carbons (Fsp3) is 0.423. The summed E-state index contributed by atoms with van der Waals surface area (Å²) in [6, 6.07) is 16.3. The molecule has 8 nitrogen and oxygen atoms in total. The molecule has 0 radical (unpaired) electrons. The molecule has 1 saturated heterocycles. The van der Waals surface area contributed by atoms with Crippen LogP contribution < -0.4 is 10.6 Å². The molecule has 0 atom stereocenters. The van der Waals surface area contributed by atoms with Gasteiger partial charge in [0.2, 0.25) is 5.91 Å². The molecule has 2 aromatic carbocycles. The van der Waals surface area contributed by atoms with Gasteiger partial charge in [-0.1, -0.05) is 48.5 Å². The van der Waals surface area contributed by atoms with E-state index in [4.69, 9.17) is 9.47 Å². The third kappa shape index (κ3) is 5.97. The van der Waals surface area contributed by atoms with Crippen LogP contribution in [0.2, 0.25) is 0 Å². The Labute approximate surface area is 208 Å². The van der Waals surface area contributed by atoms with Crippen molar-refractivity contribution in [3.8, 4) is 11.1 Å². The van der Waals surface area contributed by atoms with Crippen LogP contribution in [0.1, 0.15) is 29.9 Å². The van der Waals surface area contributed by atoms with Gasteiger partial charge in [-0.15, -0.1) is 0 Å². The average molecular weight is 499 g/mol. The van der Waals surface area contributed by atoms with E-state index in [0.717, 1.165) is 11.1 Å². The number of rotatable bonds is 10. The smallest absolute Gasteiger partial charge is 0.407 e. The maximum atomic E-state index is 12.2. The molecule has 1 fully saturated rings. The lowest BCUT2D eigenvalue weighted by molar-refractivity contribution is -0.154. The van der Waals surface area contributed by atoms with E-state index < -0.39 is 17.5 Å². The van der Waals surface area contributed by atoms with Gasteiger partial charge < -0.3 is 25.2 Å². The van der Waals surface area contributed by atoms with Crippen LogP contribution in [0.15, 0.2) is 48.5 Å². The number of carbonyl (C=O) groups excluding carboxylic acids is 2. The predicted octanol–water partition coefficient (Wildman–Crippen LogP) is 3.26. The molecule has 1 heterocycles. The first-order chi connectivity index (χ1) is 17.0. The third-order valence-electron chi connectivity index (χ3n) is 6.62. The standard InChI is InChI=1S/C26H30N2O6S/c29-23(28-17-26(24(30)31)9-12-33-13-10-26)16-35-14-11-27-25(32)34-15-22-20-7-3-1-5-18(20)19-6-2-4-8-21(19)22/h1-8,22H,9-17H2,(H,27,32)(H,28,29)(H,30,31). The van der Waals surface area contributed by atoms with E-state index >= 15 is 0 Å². The molecule has 4 rings (SSSR count). The Morgan fingerprint density at radius 1 is 1.00 bits per heavy atom. The summed E-state index contributed by atoms with van der Waals surface area (Å²) in [7, 11) is 0. The van der Waals surface area contributed by atoms with Crippen LogP contribution in [0.25, 0.3) is 11.1 Å². The highest BCUT2D eigenvalue weighted by molar-refractivity contribution is 7.99. The molecule has 2 aromatic rings. The molecule has 3 N–H and O–H groups in total. The SMILES string of the molecule is O=C(CSCCNC(=O)OCC1c2ccccc2-c2ccccc21)NCC1(C(=O)O)CCOCC1. The quantitative estimate of drug-likeness (QED) is 0.431. The zero-order valence-electron chi connectivity index (χ0n) is 19.5. The number of nitrogens with one attached hydrogen (secondary N) is 2. The van der Waals surface area contributed by atoms with E-state index in [2.05, 4.69) is 34.9 Å². The van der Waals surface area contributed by atoms with Crippen molar-refractivity contribution in [1.82, 2.24) is 10.6 Å². The second-order valence-electron chi connectivity index (χ2n) is 8.78. The van der Waals surface area contributed by atoms with Gasteiger partial charge in [0.05, 0.1) is 11.2 Å². The lowest BCUT2D eigenvalue weighted by atomic mass is 9.80. The number of benzene rings is 2. The molecule has 2 aliphatic rings. The predicted molar refractivity (Wildman–Crippen MR) is 134 cm³/mol. The van der Waals surface area contributed by atoms with Gasteiger partial charge >= 0.3 is 12.1 Å². The first kappa shape index (κ1) is 25.1. The van der Waals surface area contributed by atoms with Crippen molar-refractivity contribution >= 4 is 29.7 Å². The fourth-order valence-electron chi connectivity index (χ4n) is 4.59. The van der Waals surface area contributed by atoms with E-state index in [0.29, 0.717) is 38.4 Å². The molecule has 1 aliphatic carbocycles. The average Bonchev–Trinajstić information content (AvgIpc) is 3.20. The Morgan fingerprint density at radius 2 is 1.63 bits per heavy atom. The lowest BCUT2D eigenvalue weighted by Crippen LogP contribution is -2.47. The monoisotopic (exact) mass is 498 g/mol. The van der Waals surface area contributed by atoms with Crippen LogP contribution in [0.5, 0.6) is 0 Å². The molecule has 35 heavy (non-hydrogen) atoms. The number of alkyl carbamates (subject to hydrolysis) is 1. The Kier molecular flexibility index (Phi) is 8.30. The number of fused-ring (bicyclic) bond motifs is 3. The molecular formula is C26H30N2O6S. The van der Waals surface area contributed by atoms with Crippen molar-refractivity contribution in [3.63, 3.8) is 0 Å². The Bertz CT molecular complexity index is 1020. The summed E-state index contributed by atoms with van der Waals surface area (Å²) in [5.74, 6) is -0.381. The molecule has 2 amide bonds. The topological polar surface area (TPSA) is 114 Å². The number of carboxylic acids is 1. The van der Waals surface area contributed by atoms with Gasteiger partial charge in [0.25, 0.3) is 0 Å². The highest BCUT2D eigenvalue weighted by Gasteiger charge is 2.40. The molecule has 1 aliphatic heterocycles. The molecule has 186 valence electrons. The van der Waals surface area contributed by atoms with E-state index in [9.17, 15) is 19.5 Å². The van der Waals surface area contributed by atoms with E-state index in [-0.39, 0.29) is 30.7 Å². The first-order valence-corrected chi connectivity index (χ1v) is 12.9. The molecule has 0 saturated carbocycles. The number of thioether (sulfide) groups is 1. The van der Waals surface area contributed by atoms with Crippen LogP contribution in [-0.4, -0.2) is 67.5 Å². The Morgan fingerprint density at radius 3 is 2.26 bits per heavy atom.